The lowest BCUT2D eigenvalue weighted by molar-refractivity contribution is -0.133. The van der Waals surface area contributed by atoms with Gasteiger partial charge in [0.15, 0.2) is 0 Å². The summed E-state index contributed by atoms with van der Waals surface area (Å²) in [6.07, 6.45) is 5.17. The molecule has 0 spiro atoms. The van der Waals surface area contributed by atoms with Crippen LogP contribution in [0.4, 0.5) is 0 Å². The molecule has 2 amide bonds. The fourth-order valence-electron chi connectivity index (χ4n) is 4.55. The first kappa shape index (κ1) is 18.7. The minimum Gasteiger partial charge on any atom is -0.354 e. The standard InChI is InChI=1S/C24H28N2O2/c27-23(25-14-16-26-15-6-5-11-24(26)28)17-22-20-9-3-1-7-18(20)12-13-19-8-2-4-10-21(19)22/h1-4,7-10,22H,5-6,11-17H2,(H,25,27). The van der Waals surface area contributed by atoms with Gasteiger partial charge in [0.05, 0.1) is 0 Å². The molecule has 1 heterocycles. The lowest BCUT2D eigenvalue weighted by Gasteiger charge is -2.27. The van der Waals surface area contributed by atoms with Gasteiger partial charge in [-0.2, -0.15) is 0 Å². The van der Waals surface area contributed by atoms with E-state index in [0.717, 1.165) is 32.2 Å². The SMILES string of the molecule is O=C(CC1c2ccccc2CCc2ccccc21)NCCN1CCCCC1=O. The van der Waals surface area contributed by atoms with Crippen LogP contribution in [0.2, 0.25) is 0 Å². The zero-order valence-corrected chi connectivity index (χ0v) is 16.3. The molecule has 1 aliphatic heterocycles. The molecule has 1 fully saturated rings. The second-order valence-corrected chi connectivity index (χ2v) is 7.84. The summed E-state index contributed by atoms with van der Waals surface area (Å²) in [7, 11) is 0. The number of rotatable bonds is 5. The monoisotopic (exact) mass is 376 g/mol. The van der Waals surface area contributed by atoms with Crippen molar-refractivity contribution < 1.29 is 9.59 Å². The van der Waals surface area contributed by atoms with E-state index in [-0.39, 0.29) is 17.7 Å². The van der Waals surface area contributed by atoms with Crippen molar-refractivity contribution in [3.63, 3.8) is 0 Å². The van der Waals surface area contributed by atoms with E-state index in [4.69, 9.17) is 0 Å². The zero-order chi connectivity index (χ0) is 19.3. The van der Waals surface area contributed by atoms with Gasteiger partial charge in [-0.1, -0.05) is 48.5 Å². The number of hydrogen-bond acceptors (Lipinski definition) is 2. The van der Waals surface area contributed by atoms with Crippen LogP contribution in [0.15, 0.2) is 48.5 Å². The number of carbonyl (C=O) groups is 2. The number of fused-ring (bicyclic) bond motifs is 2. The van der Waals surface area contributed by atoms with E-state index in [2.05, 4.69) is 53.8 Å². The average molecular weight is 377 g/mol. The number of carbonyl (C=O) groups excluding carboxylic acids is 2. The van der Waals surface area contributed by atoms with Crippen molar-refractivity contribution >= 4 is 11.8 Å². The highest BCUT2D eigenvalue weighted by Crippen LogP contribution is 2.36. The lowest BCUT2D eigenvalue weighted by atomic mass is 9.85. The van der Waals surface area contributed by atoms with E-state index in [1.54, 1.807) is 0 Å². The molecule has 146 valence electrons. The fraction of sp³-hybridized carbons (Fsp3) is 0.417. The summed E-state index contributed by atoms with van der Waals surface area (Å²) in [5, 5.41) is 3.05. The van der Waals surface area contributed by atoms with Crippen molar-refractivity contribution in [3.8, 4) is 0 Å². The largest absolute Gasteiger partial charge is 0.354 e. The number of amides is 2. The summed E-state index contributed by atoms with van der Waals surface area (Å²) in [6, 6.07) is 17.0. The van der Waals surface area contributed by atoms with Crippen LogP contribution in [0.25, 0.3) is 0 Å². The van der Waals surface area contributed by atoms with Crippen LogP contribution in [0.1, 0.15) is 53.9 Å². The van der Waals surface area contributed by atoms with Crippen LogP contribution in [0.3, 0.4) is 0 Å². The summed E-state index contributed by atoms with van der Waals surface area (Å²) in [4.78, 5) is 26.5. The van der Waals surface area contributed by atoms with Gasteiger partial charge >= 0.3 is 0 Å². The first-order chi connectivity index (χ1) is 13.7. The number of benzene rings is 2. The van der Waals surface area contributed by atoms with Crippen LogP contribution in [0, 0.1) is 0 Å². The highest BCUT2D eigenvalue weighted by Gasteiger charge is 2.25. The van der Waals surface area contributed by atoms with Gasteiger partial charge in [0.25, 0.3) is 0 Å². The molecule has 0 bridgehead atoms. The fourth-order valence-corrected chi connectivity index (χ4v) is 4.55. The van der Waals surface area contributed by atoms with Gasteiger partial charge in [-0.25, -0.2) is 0 Å². The van der Waals surface area contributed by atoms with E-state index in [0.29, 0.717) is 25.9 Å². The van der Waals surface area contributed by atoms with Crippen LogP contribution in [-0.4, -0.2) is 36.3 Å². The lowest BCUT2D eigenvalue weighted by Crippen LogP contribution is -2.41. The van der Waals surface area contributed by atoms with Gasteiger partial charge in [0, 0.05) is 38.4 Å². The van der Waals surface area contributed by atoms with Crippen LogP contribution < -0.4 is 5.32 Å². The van der Waals surface area contributed by atoms with Gasteiger partial charge in [-0.3, -0.25) is 9.59 Å². The molecule has 0 unspecified atom stereocenters. The minimum atomic E-state index is 0.0564. The maximum atomic E-state index is 12.8. The first-order valence-corrected chi connectivity index (χ1v) is 10.4. The third-order valence-electron chi connectivity index (χ3n) is 6.04. The summed E-state index contributed by atoms with van der Waals surface area (Å²) in [5.74, 6) is 0.361. The smallest absolute Gasteiger partial charge is 0.222 e. The predicted molar refractivity (Wildman–Crippen MR) is 110 cm³/mol. The van der Waals surface area contributed by atoms with Gasteiger partial charge in [-0.15, -0.1) is 0 Å². The molecular weight excluding hydrogens is 348 g/mol. The predicted octanol–water partition coefficient (Wildman–Crippen LogP) is 3.44. The molecule has 4 rings (SSSR count). The summed E-state index contributed by atoms with van der Waals surface area (Å²) >= 11 is 0. The molecule has 1 N–H and O–H groups in total. The first-order valence-electron chi connectivity index (χ1n) is 10.4. The minimum absolute atomic E-state index is 0.0564. The molecular formula is C24H28N2O2. The summed E-state index contributed by atoms with van der Waals surface area (Å²) in [6.45, 7) is 1.96. The van der Waals surface area contributed by atoms with E-state index in [9.17, 15) is 9.59 Å². The third-order valence-corrected chi connectivity index (χ3v) is 6.04. The molecule has 4 nitrogen and oxygen atoms in total. The Morgan fingerprint density at radius 3 is 2.21 bits per heavy atom. The molecule has 1 aliphatic carbocycles. The van der Waals surface area contributed by atoms with Crippen molar-refractivity contribution in [2.24, 2.45) is 0 Å². The second kappa shape index (κ2) is 8.59. The number of hydrogen-bond donors (Lipinski definition) is 1. The third kappa shape index (κ3) is 4.11. The van der Waals surface area contributed by atoms with Crippen LogP contribution in [0.5, 0.6) is 0 Å². The van der Waals surface area contributed by atoms with Gasteiger partial charge in [0.2, 0.25) is 11.8 Å². The van der Waals surface area contributed by atoms with Crippen LogP contribution >= 0.6 is 0 Å². The van der Waals surface area contributed by atoms with Gasteiger partial charge < -0.3 is 10.2 Å². The number of nitrogens with one attached hydrogen (secondary N) is 1. The summed E-state index contributed by atoms with van der Waals surface area (Å²) in [5.41, 5.74) is 5.23. The Morgan fingerprint density at radius 2 is 1.57 bits per heavy atom. The Balaban J connectivity index is 1.44. The highest BCUT2D eigenvalue weighted by molar-refractivity contribution is 5.78. The molecule has 1 saturated heterocycles. The maximum absolute atomic E-state index is 12.8. The van der Waals surface area contributed by atoms with Crippen molar-refractivity contribution in [2.45, 2.75) is 44.4 Å². The van der Waals surface area contributed by atoms with Gasteiger partial charge in [0.1, 0.15) is 0 Å². The van der Waals surface area contributed by atoms with E-state index in [1.165, 1.54) is 22.3 Å². The number of nitrogens with zero attached hydrogens (tertiary/aromatic N) is 1. The van der Waals surface area contributed by atoms with Crippen molar-refractivity contribution in [2.75, 3.05) is 19.6 Å². The Bertz CT molecular complexity index is 814. The number of piperidine rings is 1. The maximum Gasteiger partial charge on any atom is 0.222 e. The van der Waals surface area contributed by atoms with E-state index in [1.807, 2.05) is 4.90 Å². The Morgan fingerprint density at radius 1 is 0.929 bits per heavy atom. The molecule has 0 aromatic heterocycles. The Hall–Kier alpha value is -2.62. The molecule has 28 heavy (non-hydrogen) atoms. The molecule has 2 aromatic carbocycles. The van der Waals surface area contributed by atoms with Crippen LogP contribution in [-0.2, 0) is 22.4 Å². The van der Waals surface area contributed by atoms with E-state index < -0.39 is 0 Å². The Kier molecular flexibility index (Phi) is 5.75. The number of aryl methyl sites for hydroxylation is 2. The highest BCUT2D eigenvalue weighted by atomic mass is 16.2. The van der Waals surface area contributed by atoms with Crippen molar-refractivity contribution in [1.82, 2.24) is 10.2 Å². The molecule has 0 atom stereocenters. The summed E-state index contributed by atoms with van der Waals surface area (Å²) < 4.78 is 0. The van der Waals surface area contributed by atoms with Gasteiger partial charge in [-0.05, 0) is 47.9 Å². The normalized spacial score (nSPS) is 16.9. The second-order valence-electron chi connectivity index (χ2n) is 7.84. The Labute approximate surface area is 166 Å². The van der Waals surface area contributed by atoms with Crippen molar-refractivity contribution in [3.05, 3.63) is 70.8 Å². The molecule has 0 saturated carbocycles. The zero-order valence-electron chi connectivity index (χ0n) is 16.3. The molecule has 4 heteroatoms. The molecule has 2 aliphatic rings. The molecule has 2 aromatic rings. The number of likely N-dealkylation sites (tertiary alicyclic amines) is 1. The topological polar surface area (TPSA) is 49.4 Å². The van der Waals surface area contributed by atoms with Crippen molar-refractivity contribution in [1.29, 1.82) is 0 Å². The average Bonchev–Trinajstić information content (AvgIpc) is 2.87. The van der Waals surface area contributed by atoms with E-state index >= 15 is 0 Å². The molecule has 0 radical (unpaired) electrons. The quantitative estimate of drug-likeness (QED) is 0.869.